The first-order chi connectivity index (χ1) is 10.2. The van der Waals surface area contributed by atoms with E-state index in [1.807, 2.05) is 6.92 Å². The van der Waals surface area contributed by atoms with Gasteiger partial charge in [-0.15, -0.1) is 24.0 Å². The van der Waals surface area contributed by atoms with Gasteiger partial charge in [0.15, 0.2) is 15.8 Å². The van der Waals surface area contributed by atoms with Gasteiger partial charge in [-0.3, -0.25) is 4.99 Å². The Balaban J connectivity index is 0.00000484. The summed E-state index contributed by atoms with van der Waals surface area (Å²) in [6.45, 7) is 10.6. The summed E-state index contributed by atoms with van der Waals surface area (Å²) in [5, 5.41) is 6.67. The maximum Gasteiger partial charge on any atom is 0.191 e. The van der Waals surface area contributed by atoms with Crippen LogP contribution in [0.1, 0.15) is 60.3 Å². The molecule has 2 N–H and O–H groups in total. The molecule has 1 saturated carbocycles. The van der Waals surface area contributed by atoms with Crippen molar-refractivity contribution < 1.29 is 8.42 Å². The second-order valence-electron chi connectivity index (χ2n) is 7.30. The molecule has 2 unspecified atom stereocenters. The largest absolute Gasteiger partial charge is 0.357 e. The van der Waals surface area contributed by atoms with E-state index in [1.165, 1.54) is 12.8 Å². The number of nitrogens with zero attached hydrogens (tertiary/aromatic N) is 1. The number of nitrogens with one attached hydrogen (secondary N) is 2. The lowest BCUT2D eigenvalue weighted by Crippen LogP contribution is -2.45. The molecule has 23 heavy (non-hydrogen) atoms. The predicted molar refractivity (Wildman–Crippen MR) is 109 cm³/mol. The zero-order valence-corrected chi connectivity index (χ0v) is 18.3. The first kappa shape index (κ1) is 22.9. The zero-order chi connectivity index (χ0) is 16.8. The number of aliphatic imine (C=N–C) groups is 1. The fourth-order valence-corrected chi connectivity index (χ4v) is 3.61. The molecule has 138 valence electrons. The highest BCUT2D eigenvalue weighted by molar-refractivity contribution is 14.0. The second kappa shape index (κ2) is 10.1. The summed E-state index contributed by atoms with van der Waals surface area (Å²) < 4.78 is 23.5. The van der Waals surface area contributed by atoms with Crippen LogP contribution in [0.4, 0.5) is 0 Å². The molecule has 0 saturated heterocycles. The van der Waals surface area contributed by atoms with Crippen molar-refractivity contribution in [3.8, 4) is 0 Å². The van der Waals surface area contributed by atoms with E-state index < -0.39 is 14.6 Å². The summed E-state index contributed by atoms with van der Waals surface area (Å²) in [6, 6.07) is 0.445. The molecule has 0 aromatic carbocycles. The van der Waals surface area contributed by atoms with Crippen LogP contribution in [-0.2, 0) is 9.84 Å². The molecule has 0 aromatic heterocycles. The van der Waals surface area contributed by atoms with E-state index in [1.54, 1.807) is 20.8 Å². The van der Waals surface area contributed by atoms with Gasteiger partial charge in [0, 0.05) is 12.6 Å². The molecule has 0 aromatic rings. The summed E-state index contributed by atoms with van der Waals surface area (Å²) in [5.74, 6) is 1.58. The van der Waals surface area contributed by atoms with E-state index >= 15 is 0 Å². The van der Waals surface area contributed by atoms with Gasteiger partial charge in [0.05, 0.1) is 17.0 Å². The number of sulfone groups is 1. The standard InChI is InChI=1S/C16H33N3O2S.HI/c1-6-17-15(19-14-9-7-8-13(2)12-14)18-10-11-22(20,21)16(3,4)5;/h13-14H,6-12H2,1-5H3,(H2,17,18,19);1H. The van der Waals surface area contributed by atoms with Crippen LogP contribution in [0.15, 0.2) is 4.99 Å². The molecule has 1 rings (SSSR count). The van der Waals surface area contributed by atoms with Crippen LogP contribution >= 0.6 is 24.0 Å². The molecule has 1 aliphatic rings. The van der Waals surface area contributed by atoms with Crippen LogP contribution in [0.25, 0.3) is 0 Å². The Kier molecular flexibility index (Phi) is 10.0. The van der Waals surface area contributed by atoms with E-state index in [4.69, 9.17) is 0 Å². The third-order valence-electron chi connectivity index (χ3n) is 4.18. The summed E-state index contributed by atoms with van der Waals surface area (Å²) in [5.41, 5.74) is 0. The van der Waals surface area contributed by atoms with Crippen molar-refractivity contribution in [3.05, 3.63) is 0 Å². The SMILES string of the molecule is CCNC(=NCCS(=O)(=O)C(C)(C)C)NC1CCCC(C)C1.I. The van der Waals surface area contributed by atoms with Gasteiger partial charge >= 0.3 is 0 Å². The number of halogens is 1. The molecule has 0 heterocycles. The van der Waals surface area contributed by atoms with E-state index in [9.17, 15) is 8.42 Å². The fraction of sp³-hybridized carbons (Fsp3) is 0.938. The minimum absolute atomic E-state index is 0. The van der Waals surface area contributed by atoms with Crippen LogP contribution in [-0.4, -0.2) is 44.0 Å². The molecule has 0 radical (unpaired) electrons. The molecular formula is C16H34IN3O2S. The Morgan fingerprint density at radius 3 is 2.43 bits per heavy atom. The molecule has 1 fully saturated rings. The maximum absolute atomic E-state index is 12.1. The highest BCUT2D eigenvalue weighted by Gasteiger charge is 2.28. The number of hydrogen-bond acceptors (Lipinski definition) is 3. The molecule has 0 aliphatic heterocycles. The zero-order valence-electron chi connectivity index (χ0n) is 15.2. The fourth-order valence-electron chi connectivity index (χ4n) is 2.66. The van der Waals surface area contributed by atoms with E-state index in [-0.39, 0.29) is 29.7 Å². The van der Waals surface area contributed by atoms with Crippen LogP contribution in [0, 0.1) is 5.92 Å². The monoisotopic (exact) mass is 459 g/mol. The molecule has 0 spiro atoms. The summed E-state index contributed by atoms with van der Waals surface area (Å²) in [7, 11) is -3.11. The Morgan fingerprint density at radius 2 is 1.91 bits per heavy atom. The van der Waals surface area contributed by atoms with Crippen molar-refractivity contribution in [1.82, 2.24) is 10.6 Å². The van der Waals surface area contributed by atoms with Gasteiger partial charge in [-0.25, -0.2) is 8.42 Å². The minimum atomic E-state index is -3.11. The van der Waals surface area contributed by atoms with Crippen molar-refractivity contribution in [2.24, 2.45) is 10.9 Å². The van der Waals surface area contributed by atoms with Gasteiger partial charge in [-0.2, -0.15) is 0 Å². The summed E-state index contributed by atoms with van der Waals surface area (Å²) in [4.78, 5) is 4.45. The van der Waals surface area contributed by atoms with Gasteiger partial charge in [0.2, 0.25) is 0 Å². The lowest BCUT2D eigenvalue weighted by Gasteiger charge is -2.29. The Bertz CT molecular complexity index is 472. The lowest BCUT2D eigenvalue weighted by molar-refractivity contribution is 0.324. The van der Waals surface area contributed by atoms with E-state index in [0.29, 0.717) is 12.6 Å². The highest BCUT2D eigenvalue weighted by Crippen LogP contribution is 2.23. The molecule has 0 bridgehead atoms. The van der Waals surface area contributed by atoms with Crippen LogP contribution < -0.4 is 10.6 Å². The number of rotatable bonds is 5. The van der Waals surface area contributed by atoms with Crippen molar-refractivity contribution >= 4 is 39.8 Å². The predicted octanol–water partition coefficient (Wildman–Crippen LogP) is 2.95. The van der Waals surface area contributed by atoms with Crippen molar-refractivity contribution in [3.63, 3.8) is 0 Å². The molecule has 7 heteroatoms. The van der Waals surface area contributed by atoms with Gasteiger partial charge in [-0.1, -0.05) is 19.8 Å². The molecule has 0 amide bonds. The Hall–Kier alpha value is -0.0500. The third kappa shape index (κ3) is 8.05. The second-order valence-corrected chi connectivity index (χ2v) is 10.2. The molecule has 5 nitrogen and oxygen atoms in total. The normalized spacial score (nSPS) is 23.1. The van der Waals surface area contributed by atoms with Gasteiger partial charge in [-0.05, 0) is 46.5 Å². The van der Waals surface area contributed by atoms with Crippen molar-refractivity contribution in [2.45, 2.75) is 71.1 Å². The van der Waals surface area contributed by atoms with Crippen molar-refractivity contribution in [1.29, 1.82) is 0 Å². The van der Waals surface area contributed by atoms with Crippen LogP contribution in [0.2, 0.25) is 0 Å². The van der Waals surface area contributed by atoms with E-state index in [0.717, 1.165) is 31.3 Å². The molecule has 2 atom stereocenters. The number of hydrogen-bond donors (Lipinski definition) is 2. The molecule has 1 aliphatic carbocycles. The molecular weight excluding hydrogens is 425 g/mol. The van der Waals surface area contributed by atoms with E-state index in [2.05, 4.69) is 22.5 Å². The topological polar surface area (TPSA) is 70.6 Å². The first-order valence-corrected chi connectivity index (χ1v) is 10.1. The smallest absolute Gasteiger partial charge is 0.191 e. The third-order valence-corrected chi connectivity index (χ3v) is 6.77. The maximum atomic E-state index is 12.1. The summed E-state index contributed by atoms with van der Waals surface area (Å²) >= 11 is 0. The van der Waals surface area contributed by atoms with Gasteiger partial charge < -0.3 is 10.6 Å². The summed E-state index contributed by atoms with van der Waals surface area (Å²) in [6.07, 6.45) is 4.87. The van der Waals surface area contributed by atoms with Crippen molar-refractivity contribution in [2.75, 3.05) is 18.8 Å². The Morgan fingerprint density at radius 1 is 1.26 bits per heavy atom. The quantitative estimate of drug-likeness (QED) is 0.377. The van der Waals surface area contributed by atoms with Gasteiger partial charge in [0.25, 0.3) is 0 Å². The van der Waals surface area contributed by atoms with Gasteiger partial charge in [0.1, 0.15) is 0 Å². The lowest BCUT2D eigenvalue weighted by atomic mass is 9.87. The Labute approximate surface area is 159 Å². The number of guanidine groups is 1. The van der Waals surface area contributed by atoms with Crippen LogP contribution in [0.3, 0.4) is 0 Å². The first-order valence-electron chi connectivity index (χ1n) is 8.43. The minimum Gasteiger partial charge on any atom is -0.357 e. The highest BCUT2D eigenvalue weighted by atomic mass is 127. The average Bonchev–Trinajstić information content (AvgIpc) is 2.37. The van der Waals surface area contributed by atoms with Crippen LogP contribution in [0.5, 0.6) is 0 Å². The average molecular weight is 459 g/mol.